The lowest BCUT2D eigenvalue weighted by Gasteiger charge is -2.16. The van der Waals surface area contributed by atoms with E-state index >= 15 is 0 Å². The van der Waals surface area contributed by atoms with Crippen molar-refractivity contribution in [2.75, 3.05) is 13.7 Å². The molecule has 0 spiro atoms. The first-order chi connectivity index (χ1) is 6.90. The predicted molar refractivity (Wildman–Crippen MR) is 58.7 cm³/mol. The fourth-order valence-corrected chi connectivity index (χ4v) is 1.03. The van der Waals surface area contributed by atoms with Crippen molar-refractivity contribution in [3.05, 3.63) is 0 Å². The van der Waals surface area contributed by atoms with E-state index in [1.807, 2.05) is 20.8 Å². The molecule has 0 aromatic rings. The number of esters is 1. The summed E-state index contributed by atoms with van der Waals surface area (Å²) in [6.07, 6.45) is 0. The number of carbonyl (C=O) groups is 2. The van der Waals surface area contributed by atoms with E-state index in [1.165, 1.54) is 7.11 Å². The van der Waals surface area contributed by atoms with Crippen LogP contribution in [0.15, 0.2) is 0 Å². The number of ether oxygens (including phenoxy) is 1. The molecule has 2 unspecified atom stereocenters. The number of methoxy groups -OCH3 is 1. The summed E-state index contributed by atoms with van der Waals surface area (Å²) in [7, 11) is 1.26. The molecule has 0 bridgehead atoms. The van der Waals surface area contributed by atoms with Crippen LogP contribution in [0.4, 0.5) is 0 Å². The highest BCUT2D eigenvalue weighted by atomic mass is 35.5. The number of amides is 1. The number of hydrogen-bond donors (Lipinski definition) is 1. The molecule has 0 saturated heterocycles. The lowest BCUT2D eigenvalue weighted by molar-refractivity contribution is -0.140. The summed E-state index contributed by atoms with van der Waals surface area (Å²) in [5.74, 6) is -0.461. The molecule has 0 aliphatic carbocycles. The Labute approximate surface area is 95.3 Å². The first kappa shape index (κ1) is 14.2. The van der Waals surface area contributed by atoms with E-state index < -0.39 is 11.3 Å². The van der Waals surface area contributed by atoms with Gasteiger partial charge in [-0.15, -0.1) is 11.6 Å². The maximum Gasteiger partial charge on any atom is 0.325 e. The highest BCUT2D eigenvalue weighted by Gasteiger charge is 2.20. The van der Waals surface area contributed by atoms with E-state index in [9.17, 15) is 9.59 Å². The van der Waals surface area contributed by atoms with Crippen LogP contribution in [0.2, 0.25) is 0 Å². The standard InChI is InChI=1S/C10H18ClNO3/c1-6(2)7(3)9(13)12-5-8(11)10(14)15-4/h6-8H,5H2,1-4H3,(H,12,13). The summed E-state index contributed by atoms with van der Waals surface area (Å²) >= 11 is 5.67. The summed E-state index contributed by atoms with van der Waals surface area (Å²) in [6, 6.07) is 0. The quantitative estimate of drug-likeness (QED) is 0.575. The molecular weight excluding hydrogens is 218 g/mol. The van der Waals surface area contributed by atoms with Crippen LogP contribution < -0.4 is 5.32 Å². The van der Waals surface area contributed by atoms with Crippen molar-refractivity contribution in [1.82, 2.24) is 5.32 Å². The number of nitrogens with one attached hydrogen (secondary N) is 1. The van der Waals surface area contributed by atoms with Crippen LogP contribution >= 0.6 is 11.6 Å². The molecule has 88 valence electrons. The summed E-state index contributed by atoms with van der Waals surface area (Å²) in [4.78, 5) is 22.4. The molecule has 1 amide bonds. The van der Waals surface area contributed by atoms with Crippen LogP contribution in [0, 0.1) is 11.8 Å². The minimum absolute atomic E-state index is 0.0912. The van der Waals surface area contributed by atoms with Crippen LogP contribution in [-0.2, 0) is 14.3 Å². The third-order valence-electron chi connectivity index (χ3n) is 2.33. The number of rotatable bonds is 5. The van der Waals surface area contributed by atoms with Crippen molar-refractivity contribution in [2.24, 2.45) is 11.8 Å². The van der Waals surface area contributed by atoms with Crippen molar-refractivity contribution in [1.29, 1.82) is 0 Å². The topological polar surface area (TPSA) is 55.4 Å². The lowest BCUT2D eigenvalue weighted by Crippen LogP contribution is -2.38. The molecule has 0 heterocycles. The van der Waals surface area contributed by atoms with E-state index in [-0.39, 0.29) is 24.3 Å². The Morgan fingerprint density at radius 2 is 1.87 bits per heavy atom. The van der Waals surface area contributed by atoms with Gasteiger partial charge < -0.3 is 10.1 Å². The second-order valence-electron chi connectivity index (χ2n) is 3.77. The zero-order valence-corrected chi connectivity index (χ0v) is 10.3. The molecule has 0 fully saturated rings. The highest BCUT2D eigenvalue weighted by Crippen LogP contribution is 2.09. The van der Waals surface area contributed by atoms with E-state index in [2.05, 4.69) is 10.1 Å². The van der Waals surface area contributed by atoms with Crippen LogP contribution in [-0.4, -0.2) is 30.9 Å². The van der Waals surface area contributed by atoms with Gasteiger partial charge in [-0.25, -0.2) is 0 Å². The second-order valence-corrected chi connectivity index (χ2v) is 4.30. The third-order valence-corrected chi connectivity index (χ3v) is 2.66. The maximum absolute atomic E-state index is 11.5. The largest absolute Gasteiger partial charge is 0.468 e. The number of carbonyl (C=O) groups excluding carboxylic acids is 2. The molecule has 0 saturated carbocycles. The van der Waals surface area contributed by atoms with E-state index in [0.29, 0.717) is 0 Å². The molecule has 0 aliphatic rings. The first-order valence-electron chi connectivity index (χ1n) is 4.89. The Kier molecular flexibility index (Phi) is 6.32. The minimum Gasteiger partial charge on any atom is -0.468 e. The SMILES string of the molecule is COC(=O)C(Cl)CNC(=O)C(C)C(C)C. The second kappa shape index (κ2) is 6.67. The molecule has 0 aromatic heterocycles. The number of hydrogen-bond acceptors (Lipinski definition) is 3. The Hall–Kier alpha value is -0.770. The Morgan fingerprint density at radius 1 is 1.33 bits per heavy atom. The minimum atomic E-state index is -0.821. The fourth-order valence-electron chi connectivity index (χ4n) is 0.865. The van der Waals surface area contributed by atoms with Gasteiger partial charge in [-0.1, -0.05) is 20.8 Å². The van der Waals surface area contributed by atoms with Gasteiger partial charge in [-0.05, 0) is 5.92 Å². The molecule has 5 heteroatoms. The molecule has 1 N–H and O–H groups in total. The number of alkyl halides is 1. The Morgan fingerprint density at radius 3 is 2.27 bits per heavy atom. The summed E-state index contributed by atoms with van der Waals surface area (Å²) in [5.41, 5.74) is 0. The van der Waals surface area contributed by atoms with Gasteiger partial charge in [-0.3, -0.25) is 9.59 Å². The van der Waals surface area contributed by atoms with Gasteiger partial charge in [0.25, 0.3) is 0 Å². The van der Waals surface area contributed by atoms with Gasteiger partial charge in [0.05, 0.1) is 7.11 Å². The fraction of sp³-hybridized carbons (Fsp3) is 0.800. The summed E-state index contributed by atoms with van der Waals surface area (Å²) in [5, 5.41) is 1.79. The van der Waals surface area contributed by atoms with Gasteiger partial charge in [0.2, 0.25) is 5.91 Å². The molecule has 0 rings (SSSR count). The van der Waals surface area contributed by atoms with Gasteiger partial charge in [0.1, 0.15) is 5.38 Å². The van der Waals surface area contributed by atoms with Gasteiger partial charge >= 0.3 is 5.97 Å². The van der Waals surface area contributed by atoms with Crippen LogP contribution in [0.25, 0.3) is 0 Å². The van der Waals surface area contributed by atoms with Gasteiger partial charge in [0, 0.05) is 12.5 Å². The average molecular weight is 236 g/mol. The molecule has 15 heavy (non-hydrogen) atoms. The Bertz CT molecular complexity index is 231. The lowest BCUT2D eigenvalue weighted by atomic mass is 9.97. The summed E-state index contributed by atoms with van der Waals surface area (Å²) in [6.45, 7) is 5.86. The van der Waals surface area contributed by atoms with Crippen molar-refractivity contribution in [2.45, 2.75) is 26.1 Å². The Balaban J connectivity index is 3.95. The molecule has 0 aliphatic heterocycles. The number of halogens is 1. The highest BCUT2D eigenvalue weighted by molar-refractivity contribution is 6.30. The van der Waals surface area contributed by atoms with Crippen molar-refractivity contribution in [3.63, 3.8) is 0 Å². The molecule has 4 nitrogen and oxygen atoms in total. The average Bonchev–Trinajstić information content (AvgIpc) is 2.22. The molecule has 0 radical (unpaired) electrons. The van der Waals surface area contributed by atoms with E-state index in [0.717, 1.165) is 0 Å². The van der Waals surface area contributed by atoms with E-state index in [4.69, 9.17) is 11.6 Å². The van der Waals surface area contributed by atoms with Crippen molar-refractivity contribution >= 4 is 23.5 Å². The zero-order chi connectivity index (χ0) is 12.0. The van der Waals surface area contributed by atoms with Gasteiger partial charge in [-0.2, -0.15) is 0 Å². The normalized spacial score (nSPS) is 14.5. The van der Waals surface area contributed by atoms with Crippen molar-refractivity contribution in [3.8, 4) is 0 Å². The maximum atomic E-state index is 11.5. The molecular formula is C10H18ClNO3. The third kappa shape index (κ3) is 5.02. The predicted octanol–water partition coefficient (Wildman–Crippen LogP) is 1.18. The zero-order valence-electron chi connectivity index (χ0n) is 9.54. The van der Waals surface area contributed by atoms with Crippen LogP contribution in [0.1, 0.15) is 20.8 Å². The molecule has 2 atom stereocenters. The summed E-state index contributed by atoms with van der Waals surface area (Å²) < 4.78 is 4.43. The van der Waals surface area contributed by atoms with Crippen LogP contribution in [0.5, 0.6) is 0 Å². The first-order valence-corrected chi connectivity index (χ1v) is 5.33. The van der Waals surface area contributed by atoms with Crippen LogP contribution in [0.3, 0.4) is 0 Å². The molecule has 0 aromatic carbocycles. The smallest absolute Gasteiger partial charge is 0.325 e. The van der Waals surface area contributed by atoms with Gasteiger partial charge in [0.15, 0.2) is 0 Å². The monoisotopic (exact) mass is 235 g/mol. The van der Waals surface area contributed by atoms with E-state index in [1.54, 1.807) is 0 Å². The van der Waals surface area contributed by atoms with Crippen molar-refractivity contribution < 1.29 is 14.3 Å².